The van der Waals surface area contributed by atoms with E-state index in [2.05, 4.69) is 5.32 Å². The molecule has 22 heavy (non-hydrogen) atoms. The Hall–Kier alpha value is -1.89. The van der Waals surface area contributed by atoms with Gasteiger partial charge in [0.05, 0.1) is 11.2 Å². The first-order chi connectivity index (χ1) is 10.1. The van der Waals surface area contributed by atoms with E-state index >= 15 is 0 Å². The van der Waals surface area contributed by atoms with Gasteiger partial charge in [-0.1, -0.05) is 19.1 Å². The number of hydrogen-bond donors (Lipinski definition) is 2. The maximum Gasteiger partial charge on any atom is 0.310 e. The number of aryl methyl sites for hydroxylation is 1. The van der Waals surface area contributed by atoms with E-state index in [4.69, 9.17) is 5.11 Å². The van der Waals surface area contributed by atoms with Crippen molar-refractivity contribution in [2.24, 2.45) is 5.41 Å². The predicted octanol–water partition coefficient (Wildman–Crippen LogP) is 1.71. The molecule has 0 saturated carbocycles. The van der Waals surface area contributed by atoms with Gasteiger partial charge in [0.1, 0.15) is 5.75 Å². The molecule has 122 valence electrons. The number of rotatable bonds is 7. The fourth-order valence-electron chi connectivity index (χ4n) is 1.88. The minimum absolute atomic E-state index is 0.509. The van der Waals surface area contributed by atoms with Gasteiger partial charge in [0.2, 0.25) is 5.91 Å². The summed E-state index contributed by atoms with van der Waals surface area (Å²) in [4.78, 5) is 22.8. The molecule has 0 aliphatic rings. The summed E-state index contributed by atoms with van der Waals surface area (Å²) in [6, 6.07) is 7.09. The Morgan fingerprint density at radius 3 is 2.18 bits per heavy atom. The van der Waals surface area contributed by atoms with Crippen molar-refractivity contribution in [1.29, 1.82) is 0 Å². The number of hydrogen-bond acceptors (Lipinski definition) is 4. The fourth-order valence-corrected chi connectivity index (χ4v) is 3.68. The summed E-state index contributed by atoms with van der Waals surface area (Å²) in [5, 5.41) is 11.5. The van der Waals surface area contributed by atoms with Crippen LogP contribution in [0.1, 0.15) is 26.3 Å². The molecule has 0 fully saturated rings. The lowest BCUT2D eigenvalue weighted by atomic mass is 9.97. The molecule has 0 radical (unpaired) electrons. The predicted molar refractivity (Wildman–Crippen MR) is 84.5 cm³/mol. The maximum atomic E-state index is 11.9. The van der Waals surface area contributed by atoms with Gasteiger partial charge in [0.15, 0.2) is 9.84 Å². The molecule has 1 amide bonds. The number of anilines is 1. The molecule has 0 spiro atoms. The smallest absolute Gasteiger partial charge is 0.310 e. The first-order valence-electron chi connectivity index (χ1n) is 6.88. The Balaban J connectivity index is 2.68. The summed E-state index contributed by atoms with van der Waals surface area (Å²) >= 11 is 0. The number of benzene rings is 1. The molecule has 0 unspecified atom stereocenters. The maximum absolute atomic E-state index is 11.9. The van der Waals surface area contributed by atoms with Crippen LogP contribution in [0.2, 0.25) is 0 Å². The zero-order valence-electron chi connectivity index (χ0n) is 12.9. The molecule has 0 aromatic heterocycles. The Kier molecular flexibility index (Phi) is 5.71. The van der Waals surface area contributed by atoms with Crippen molar-refractivity contribution in [3.63, 3.8) is 0 Å². The summed E-state index contributed by atoms with van der Waals surface area (Å²) < 4.78 is 23.9. The van der Waals surface area contributed by atoms with Crippen LogP contribution in [-0.4, -0.2) is 36.9 Å². The molecule has 0 bridgehead atoms. The van der Waals surface area contributed by atoms with E-state index in [-0.39, 0.29) is 0 Å². The molecule has 0 aliphatic heterocycles. The lowest BCUT2D eigenvalue weighted by Crippen LogP contribution is -2.35. The van der Waals surface area contributed by atoms with Crippen LogP contribution in [-0.2, 0) is 25.8 Å². The lowest BCUT2D eigenvalue weighted by molar-refractivity contribution is -0.145. The summed E-state index contributed by atoms with van der Waals surface area (Å²) in [5.74, 6) is -3.21. The minimum Gasteiger partial charge on any atom is -0.481 e. The molecule has 1 aromatic rings. The summed E-state index contributed by atoms with van der Waals surface area (Å²) in [6.45, 7) is 4.63. The molecule has 0 heterocycles. The number of aliphatic carboxylic acids is 1. The molecule has 6 nitrogen and oxygen atoms in total. The number of sulfone groups is 1. The quantitative estimate of drug-likeness (QED) is 0.794. The van der Waals surface area contributed by atoms with Gasteiger partial charge >= 0.3 is 5.97 Å². The van der Waals surface area contributed by atoms with E-state index in [1.165, 1.54) is 13.8 Å². The number of carboxylic acid groups (broad SMARTS) is 1. The Morgan fingerprint density at radius 1 is 1.18 bits per heavy atom. The van der Waals surface area contributed by atoms with Gasteiger partial charge in [-0.3, -0.25) is 9.59 Å². The van der Waals surface area contributed by atoms with Gasteiger partial charge in [0, 0.05) is 5.69 Å². The Labute approximate surface area is 130 Å². The van der Waals surface area contributed by atoms with Crippen molar-refractivity contribution in [3.8, 4) is 0 Å². The molecule has 2 N–H and O–H groups in total. The van der Waals surface area contributed by atoms with Crippen molar-refractivity contribution < 1.29 is 23.1 Å². The standard InChI is InChI=1S/C15H21NO5S/c1-4-11-5-7-12(8-6-11)16-13(17)9-22(20,21)10-15(2,3)14(18)19/h5-8H,4,9-10H2,1-3H3,(H,16,17)(H,18,19). The molecular formula is C15H21NO5S. The topological polar surface area (TPSA) is 101 Å². The molecule has 7 heteroatoms. The second-order valence-electron chi connectivity index (χ2n) is 5.82. The van der Waals surface area contributed by atoms with Gasteiger partial charge < -0.3 is 10.4 Å². The third kappa shape index (κ3) is 5.48. The molecule has 1 rings (SSSR count). The summed E-state index contributed by atoms with van der Waals surface area (Å²) in [5.41, 5.74) is 0.186. The average molecular weight is 327 g/mol. The number of amides is 1. The second kappa shape index (κ2) is 6.91. The number of carboxylic acids is 1. The van der Waals surface area contributed by atoms with Crippen molar-refractivity contribution in [3.05, 3.63) is 29.8 Å². The van der Waals surface area contributed by atoms with Crippen LogP contribution in [0, 0.1) is 5.41 Å². The van der Waals surface area contributed by atoms with E-state index < -0.39 is 38.6 Å². The normalized spacial score (nSPS) is 12.0. The highest BCUT2D eigenvalue weighted by Crippen LogP contribution is 2.19. The average Bonchev–Trinajstić information content (AvgIpc) is 2.37. The highest BCUT2D eigenvalue weighted by atomic mass is 32.2. The molecule has 0 saturated heterocycles. The first kappa shape index (κ1) is 18.2. The van der Waals surface area contributed by atoms with Crippen molar-refractivity contribution in [1.82, 2.24) is 0 Å². The van der Waals surface area contributed by atoms with Gasteiger partial charge in [-0.05, 0) is 38.0 Å². The SMILES string of the molecule is CCc1ccc(NC(=O)CS(=O)(=O)CC(C)(C)C(=O)O)cc1. The van der Waals surface area contributed by atoms with Crippen LogP contribution in [0.15, 0.2) is 24.3 Å². The van der Waals surface area contributed by atoms with Crippen LogP contribution >= 0.6 is 0 Å². The molecule has 1 aromatic carbocycles. The van der Waals surface area contributed by atoms with Crippen molar-refractivity contribution in [2.45, 2.75) is 27.2 Å². The third-order valence-corrected chi connectivity index (χ3v) is 5.02. The van der Waals surface area contributed by atoms with Crippen LogP contribution < -0.4 is 5.32 Å². The third-order valence-electron chi connectivity index (χ3n) is 3.16. The molecular weight excluding hydrogens is 306 g/mol. The largest absolute Gasteiger partial charge is 0.481 e. The number of carbonyl (C=O) groups is 2. The fraction of sp³-hybridized carbons (Fsp3) is 0.467. The highest BCUT2D eigenvalue weighted by Gasteiger charge is 2.34. The van der Waals surface area contributed by atoms with Crippen molar-refractivity contribution in [2.75, 3.05) is 16.8 Å². The summed E-state index contributed by atoms with van der Waals surface area (Å²) in [6.07, 6.45) is 0.868. The zero-order valence-corrected chi connectivity index (χ0v) is 13.7. The van der Waals surface area contributed by atoms with Crippen LogP contribution in [0.5, 0.6) is 0 Å². The van der Waals surface area contributed by atoms with Crippen molar-refractivity contribution >= 4 is 27.4 Å². The minimum atomic E-state index is -3.81. The van der Waals surface area contributed by atoms with E-state index in [9.17, 15) is 18.0 Å². The zero-order chi connectivity index (χ0) is 17.0. The Bertz CT molecular complexity index is 647. The van der Waals surface area contributed by atoms with E-state index in [0.29, 0.717) is 5.69 Å². The second-order valence-corrected chi connectivity index (χ2v) is 7.88. The van der Waals surface area contributed by atoms with E-state index in [0.717, 1.165) is 12.0 Å². The van der Waals surface area contributed by atoms with Gasteiger partial charge in [0.25, 0.3) is 0 Å². The van der Waals surface area contributed by atoms with Gasteiger partial charge in [-0.2, -0.15) is 0 Å². The van der Waals surface area contributed by atoms with Gasteiger partial charge in [-0.15, -0.1) is 0 Å². The first-order valence-corrected chi connectivity index (χ1v) is 8.70. The lowest BCUT2D eigenvalue weighted by Gasteiger charge is -2.18. The summed E-state index contributed by atoms with van der Waals surface area (Å²) in [7, 11) is -3.81. The van der Waals surface area contributed by atoms with Gasteiger partial charge in [-0.25, -0.2) is 8.42 Å². The number of carbonyl (C=O) groups excluding carboxylic acids is 1. The van der Waals surface area contributed by atoms with E-state index in [1.807, 2.05) is 19.1 Å². The van der Waals surface area contributed by atoms with E-state index in [1.54, 1.807) is 12.1 Å². The monoisotopic (exact) mass is 327 g/mol. The van der Waals surface area contributed by atoms with Crippen LogP contribution in [0.4, 0.5) is 5.69 Å². The molecule has 0 atom stereocenters. The van der Waals surface area contributed by atoms with Crippen LogP contribution in [0.25, 0.3) is 0 Å². The van der Waals surface area contributed by atoms with Crippen LogP contribution in [0.3, 0.4) is 0 Å². The number of nitrogens with one attached hydrogen (secondary N) is 1. The Morgan fingerprint density at radius 2 is 1.73 bits per heavy atom. The highest BCUT2D eigenvalue weighted by molar-refractivity contribution is 7.92. The molecule has 0 aliphatic carbocycles.